The van der Waals surface area contributed by atoms with Gasteiger partial charge in [0.25, 0.3) is 5.91 Å². The molecule has 2 bridgehead atoms. The fourth-order valence-corrected chi connectivity index (χ4v) is 6.55. The van der Waals surface area contributed by atoms with Gasteiger partial charge in [-0.3, -0.25) is 4.79 Å². The van der Waals surface area contributed by atoms with Gasteiger partial charge in [0, 0.05) is 37.3 Å². The van der Waals surface area contributed by atoms with Crippen molar-refractivity contribution in [2.45, 2.75) is 56.8 Å². The molecule has 1 saturated carbocycles. The summed E-state index contributed by atoms with van der Waals surface area (Å²) in [5, 5.41) is 7.77. The molecule has 6 rings (SSSR count). The van der Waals surface area contributed by atoms with Gasteiger partial charge >= 0.3 is 0 Å². The summed E-state index contributed by atoms with van der Waals surface area (Å²) in [6, 6.07) is 16.1. The summed E-state index contributed by atoms with van der Waals surface area (Å²) < 4.78 is 33.1. The second-order valence-electron chi connectivity index (χ2n) is 11.4. The molecule has 2 atom stereocenters. The third kappa shape index (κ3) is 6.71. The third-order valence-corrected chi connectivity index (χ3v) is 9.52. The average Bonchev–Trinajstić information content (AvgIpc) is 3.85. The zero-order valence-electron chi connectivity index (χ0n) is 23.4. The van der Waals surface area contributed by atoms with E-state index in [4.69, 9.17) is 39.5 Å². The van der Waals surface area contributed by atoms with Crippen LogP contribution in [-0.4, -0.2) is 48.6 Å². The van der Waals surface area contributed by atoms with E-state index < -0.39 is 11.6 Å². The second kappa shape index (κ2) is 13.1. The van der Waals surface area contributed by atoms with Gasteiger partial charge in [-0.15, -0.1) is 0 Å². The van der Waals surface area contributed by atoms with Crippen molar-refractivity contribution in [3.63, 3.8) is 0 Å². The van der Waals surface area contributed by atoms with Crippen molar-refractivity contribution in [1.82, 2.24) is 15.5 Å². The Morgan fingerprint density at radius 1 is 0.953 bits per heavy atom. The lowest BCUT2D eigenvalue weighted by atomic mass is 9.83. The third-order valence-electron chi connectivity index (χ3n) is 8.31. The van der Waals surface area contributed by atoms with Crippen molar-refractivity contribution in [2.24, 2.45) is 0 Å². The Balaban J connectivity index is 1.20. The lowest BCUT2D eigenvalue weighted by Crippen LogP contribution is -2.60. The van der Waals surface area contributed by atoms with E-state index >= 15 is 0 Å². The van der Waals surface area contributed by atoms with E-state index in [-0.39, 0.29) is 41.4 Å². The van der Waals surface area contributed by atoms with Gasteiger partial charge in [-0.2, -0.15) is 0 Å². The molecule has 1 saturated heterocycles. The summed E-state index contributed by atoms with van der Waals surface area (Å²) in [7, 11) is 0. The van der Waals surface area contributed by atoms with Crippen LogP contribution in [0.25, 0.3) is 5.57 Å². The highest BCUT2D eigenvalue weighted by molar-refractivity contribution is 6.42. The van der Waals surface area contributed by atoms with Crippen molar-refractivity contribution in [1.29, 1.82) is 0 Å². The molecule has 1 amide bonds. The summed E-state index contributed by atoms with van der Waals surface area (Å²) in [4.78, 5) is 16.3. The molecule has 3 aliphatic rings. The highest BCUT2D eigenvalue weighted by atomic mass is 35.5. The first kappa shape index (κ1) is 30.4. The molecule has 2 heterocycles. The minimum atomic E-state index is -0.716. The number of aryl methyl sites for hydroxylation is 1. The first-order valence-corrected chi connectivity index (χ1v) is 15.7. The quantitative estimate of drug-likeness (QED) is 0.181. The van der Waals surface area contributed by atoms with Gasteiger partial charge in [0.05, 0.1) is 22.7 Å². The Kier molecular flexibility index (Phi) is 9.27. The van der Waals surface area contributed by atoms with Crippen LogP contribution in [-0.2, 0) is 17.8 Å². The predicted molar refractivity (Wildman–Crippen MR) is 167 cm³/mol. The van der Waals surface area contributed by atoms with Crippen LogP contribution in [0.1, 0.15) is 42.4 Å². The highest BCUT2D eigenvalue weighted by Crippen LogP contribution is 2.38. The van der Waals surface area contributed by atoms with Crippen LogP contribution in [0.4, 0.5) is 8.78 Å². The first-order valence-electron chi connectivity index (χ1n) is 14.6. The Morgan fingerprint density at radius 3 is 2.49 bits per heavy atom. The number of nitrogens with one attached hydrogen (secondary N) is 2. The SMILES string of the molecule is O=C(C1=C(c2ccc(CCCOc3c(F)ccc(F)c3Cl)cc2)C[C@@H]2CNC[C@H]1N2)N(Cc1cccc(Cl)c1Cl)C1CC1. The molecule has 1 aliphatic carbocycles. The minimum absolute atomic E-state index is 0.0395. The molecule has 2 N–H and O–H groups in total. The largest absolute Gasteiger partial charge is 0.489 e. The summed E-state index contributed by atoms with van der Waals surface area (Å²) in [6.45, 7) is 2.14. The molecule has 3 aromatic carbocycles. The first-order chi connectivity index (χ1) is 20.8. The molecule has 5 nitrogen and oxygen atoms in total. The van der Waals surface area contributed by atoms with Crippen LogP contribution >= 0.6 is 34.8 Å². The van der Waals surface area contributed by atoms with E-state index in [1.807, 2.05) is 17.0 Å². The Morgan fingerprint density at radius 2 is 1.72 bits per heavy atom. The molecular weight excluding hydrogens is 615 g/mol. The maximum atomic E-state index is 14.3. The van der Waals surface area contributed by atoms with E-state index in [1.54, 1.807) is 6.07 Å². The molecule has 226 valence electrons. The molecule has 2 fully saturated rings. The van der Waals surface area contributed by atoms with Crippen LogP contribution in [0.15, 0.2) is 60.2 Å². The van der Waals surface area contributed by atoms with Gasteiger partial charge in [-0.1, -0.05) is 71.2 Å². The van der Waals surface area contributed by atoms with Gasteiger partial charge in [0.2, 0.25) is 0 Å². The highest BCUT2D eigenvalue weighted by Gasteiger charge is 2.41. The van der Waals surface area contributed by atoms with E-state index in [2.05, 4.69) is 34.9 Å². The molecule has 3 aromatic rings. The van der Waals surface area contributed by atoms with Gasteiger partial charge in [-0.25, -0.2) is 8.78 Å². The number of hydrogen-bond acceptors (Lipinski definition) is 4. The summed E-state index contributed by atoms with van der Waals surface area (Å²) in [5.41, 5.74) is 4.85. The lowest BCUT2D eigenvalue weighted by Gasteiger charge is -2.41. The molecule has 0 spiro atoms. The molecule has 0 aromatic heterocycles. The maximum Gasteiger partial charge on any atom is 0.252 e. The Bertz CT molecular complexity index is 1550. The number of carbonyl (C=O) groups excluding carboxylic acids is 1. The summed E-state index contributed by atoms with van der Waals surface area (Å²) in [6.07, 6.45) is 3.98. The van der Waals surface area contributed by atoms with Crippen molar-refractivity contribution >= 4 is 46.3 Å². The Hall–Kier alpha value is -2.68. The standard InChI is InChI=1S/C33H32Cl3F2N3O2/c34-25-5-1-4-21(30(25)35)18-41(23-10-11-23)33(42)29-24(15-22-16-39-17-28(29)40-22)20-8-6-19(7-9-20)3-2-14-43-32-27(38)13-12-26(37)31(32)36/h1,4-9,12-13,22-23,28,39-40H,2-3,10-11,14-18H2/t22-,28-/m1/s1. The van der Waals surface area contributed by atoms with E-state index in [0.717, 1.165) is 65.8 Å². The topological polar surface area (TPSA) is 53.6 Å². The number of benzene rings is 3. The minimum Gasteiger partial charge on any atom is -0.489 e. The Labute approximate surface area is 265 Å². The van der Waals surface area contributed by atoms with Crippen LogP contribution in [0.3, 0.4) is 0 Å². The number of amides is 1. The number of hydrogen-bond donors (Lipinski definition) is 2. The van der Waals surface area contributed by atoms with Crippen molar-refractivity contribution in [3.05, 3.63) is 104 Å². The van der Waals surface area contributed by atoms with Crippen molar-refractivity contribution in [3.8, 4) is 5.75 Å². The fraction of sp³-hybridized carbons (Fsp3) is 0.364. The zero-order valence-corrected chi connectivity index (χ0v) is 25.7. The van der Waals surface area contributed by atoms with E-state index in [1.165, 1.54) is 0 Å². The van der Waals surface area contributed by atoms with Gasteiger partial charge in [-0.05, 0) is 72.6 Å². The zero-order chi connectivity index (χ0) is 30.1. The van der Waals surface area contributed by atoms with Crippen LogP contribution in [0.2, 0.25) is 15.1 Å². The fourth-order valence-electron chi connectivity index (χ4n) is 5.96. The van der Waals surface area contributed by atoms with Crippen molar-refractivity contribution < 1.29 is 18.3 Å². The number of rotatable bonds is 10. The molecule has 43 heavy (non-hydrogen) atoms. The molecule has 0 unspecified atom stereocenters. The molecule has 2 aliphatic heterocycles. The average molecular weight is 647 g/mol. The molecular formula is C33H32Cl3F2N3O2. The number of halogens is 5. The van der Waals surface area contributed by atoms with Crippen LogP contribution < -0.4 is 15.4 Å². The van der Waals surface area contributed by atoms with Gasteiger partial charge < -0.3 is 20.3 Å². The number of carbonyl (C=O) groups is 1. The van der Waals surface area contributed by atoms with Crippen LogP contribution in [0, 0.1) is 11.6 Å². The maximum absolute atomic E-state index is 14.3. The number of fused-ring (bicyclic) bond motifs is 2. The summed E-state index contributed by atoms with van der Waals surface area (Å²) >= 11 is 18.7. The number of piperazine rings is 1. The van der Waals surface area contributed by atoms with Crippen LogP contribution in [0.5, 0.6) is 5.75 Å². The van der Waals surface area contributed by atoms with Crippen molar-refractivity contribution in [2.75, 3.05) is 19.7 Å². The normalized spacial score (nSPS) is 19.8. The van der Waals surface area contributed by atoms with Gasteiger partial charge in [0.1, 0.15) is 10.8 Å². The monoisotopic (exact) mass is 645 g/mol. The smallest absolute Gasteiger partial charge is 0.252 e. The lowest BCUT2D eigenvalue weighted by molar-refractivity contribution is -0.128. The number of ether oxygens (including phenoxy) is 1. The molecule has 0 radical (unpaired) electrons. The number of nitrogens with zero attached hydrogens (tertiary/aromatic N) is 1. The molecule has 10 heteroatoms. The predicted octanol–water partition coefficient (Wildman–Crippen LogP) is 7.22. The van der Waals surface area contributed by atoms with E-state index in [9.17, 15) is 13.6 Å². The van der Waals surface area contributed by atoms with E-state index in [0.29, 0.717) is 36.0 Å². The van der Waals surface area contributed by atoms with Gasteiger partial charge in [0.15, 0.2) is 11.6 Å². The second-order valence-corrected chi connectivity index (χ2v) is 12.5. The summed E-state index contributed by atoms with van der Waals surface area (Å²) in [5.74, 6) is -1.62.